The fraction of sp³-hybridized carbons (Fsp3) is 0.600. The molecule has 0 aromatic carbocycles. The predicted octanol–water partition coefficient (Wildman–Crippen LogP) is 2.26. The highest BCUT2D eigenvalue weighted by Crippen LogP contribution is 2.22. The summed E-state index contributed by atoms with van der Waals surface area (Å²) in [6, 6.07) is 0. The maximum Gasteiger partial charge on any atom is 0.145 e. The van der Waals surface area contributed by atoms with E-state index in [1.807, 2.05) is 0 Å². The molecule has 0 heterocycles. The molecule has 0 bridgehead atoms. The minimum Gasteiger partial charge on any atom is -0.0714 e. The zero-order valence-corrected chi connectivity index (χ0v) is 6.51. The average molecular weight is 133 g/mol. The lowest BCUT2D eigenvalue weighted by Gasteiger charge is -1.77. The minimum atomic E-state index is 0.0967. The molecule has 0 spiro atoms. The van der Waals surface area contributed by atoms with Gasteiger partial charge in [-0.25, -0.2) is 0 Å². The van der Waals surface area contributed by atoms with Crippen LogP contribution in [0.5, 0.6) is 0 Å². The Kier molecular flexibility index (Phi) is 4.72. The molecule has 0 saturated carbocycles. The predicted molar refractivity (Wildman–Crippen MR) is 43.5 cm³/mol. The van der Waals surface area contributed by atoms with Crippen molar-refractivity contribution in [2.24, 2.45) is 0 Å². The molecule has 0 nitrogen and oxygen atoms in total. The van der Waals surface area contributed by atoms with Crippen LogP contribution in [-0.2, 0) is 0 Å². The first kappa shape index (κ1) is 7.34. The molecule has 0 radical (unpaired) electrons. The molecule has 7 heavy (non-hydrogen) atoms. The highest BCUT2D eigenvalue weighted by molar-refractivity contribution is 7.65. The molecule has 0 N–H and O–H groups in total. The Morgan fingerprint density at radius 1 is 1.71 bits per heavy atom. The average Bonchev–Trinajstić information content (AvgIpc) is 1.68. The van der Waals surface area contributed by atoms with E-state index in [9.17, 15) is 0 Å². The van der Waals surface area contributed by atoms with Crippen molar-refractivity contribution in [3.63, 3.8) is 0 Å². The van der Waals surface area contributed by atoms with Crippen LogP contribution in [0.3, 0.4) is 0 Å². The molecular weight excluding hydrogens is 122 g/mol. The first-order chi connectivity index (χ1) is 3.31. The summed E-state index contributed by atoms with van der Waals surface area (Å²) in [5, 5.41) is 0. The van der Waals surface area contributed by atoms with Crippen molar-refractivity contribution >= 4 is 28.3 Å². The van der Waals surface area contributed by atoms with Crippen LogP contribution < -0.4 is 0 Å². The summed E-state index contributed by atoms with van der Waals surface area (Å²) < 4.78 is 0. The van der Waals surface area contributed by atoms with Gasteiger partial charge in [-0.3, -0.25) is 0 Å². The third-order valence-electron chi connectivity index (χ3n) is 0.747. The Bertz CT molecular complexity index is 76.1. The zero-order valence-electron chi connectivity index (χ0n) is 4.72. The molecule has 0 rings (SSSR count). The van der Waals surface area contributed by atoms with Gasteiger partial charge >= 0.3 is 0 Å². The molecule has 0 aliphatic heterocycles. The van der Waals surface area contributed by atoms with Gasteiger partial charge in [0.1, 0.15) is 12.1 Å². The fourth-order valence-electron chi connectivity index (χ4n) is 0.241. The molecule has 0 aliphatic carbocycles. The van der Waals surface area contributed by atoms with Crippen LogP contribution in [0.4, 0.5) is 0 Å². The standard InChI is InChI=1S/C5H11P2/c1-4-7(3)5-6-2/h2-5H2,1H3/q+1. The Labute approximate surface area is 48.1 Å². The highest BCUT2D eigenvalue weighted by atomic mass is 31.1. The van der Waals surface area contributed by atoms with Gasteiger partial charge in [0.2, 0.25) is 0 Å². The third-order valence-corrected chi connectivity index (χ3v) is 4.04. The van der Waals surface area contributed by atoms with Crippen molar-refractivity contribution in [3.05, 3.63) is 0 Å². The minimum absolute atomic E-state index is 0.0967. The summed E-state index contributed by atoms with van der Waals surface area (Å²) in [5.41, 5.74) is 0. The van der Waals surface area contributed by atoms with Gasteiger partial charge in [0.15, 0.2) is 0 Å². The van der Waals surface area contributed by atoms with Crippen molar-refractivity contribution in [1.82, 2.24) is 0 Å². The van der Waals surface area contributed by atoms with E-state index in [-0.39, 0.29) is 7.55 Å². The molecular formula is C5H11P2+. The molecule has 1 atom stereocenters. The van der Waals surface area contributed by atoms with Gasteiger partial charge in [-0.05, 0) is 6.92 Å². The van der Waals surface area contributed by atoms with Gasteiger partial charge < -0.3 is 0 Å². The maximum atomic E-state index is 3.96. The van der Waals surface area contributed by atoms with E-state index < -0.39 is 0 Å². The smallest absolute Gasteiger partial charge is 0.0714 e. The SMILES string of the molecule is C=PC[P+](=C)CC. The van der Waals surface area contributed by atoms with Crippen LogP contribution in [0.1, 0.15) is 6.92 Å². The van der Waals surface area contributed by atoms with Gasteiger partial charge in [0, 0.05) is 0 Å². The molecule has 2 heteroatoms. The molecule has 1 unspecified atom stereocenters. The number of hydrogen-bond donors (Lipinski definition) is 0. The monoisotopic (exact) mass is 133 g/mol. The summed E-state index contributed by atoms with van der Waals surface area (Å²) in [5.74, 6) is 1.21. The number of rotatable bonds is 3. The first-order valence-electron chi connectivity index (χ1n) is 2.29. The molecule has 0 aromatic heterocycles. The van der Waals surface area contributed by atoms with Crippen LogP contribution in [-0.4, -0.2) is 24.7 Å². The molecule has 0 aromatic rings. The second-order valence-electron chi connectivity index (χ2n) is 1.35. The zero-order chi connectivity index (χ0) is 5.70. The van der Waals surface area contributed by atoms with E-state index in [2.05, 4.69) is 19.5 Å². The van der Waals surface area contributed by atoms with E-state index in [0.29, 0.717) is 0 Å². The van der Waals surface area contributed by atoms with Crippen LogP contribution in [0.15, 0.2) is 0 Å². The second-order valence-corrected chi connectivity index (χ2v) is 4.90. The van der Waals surface area contributed by atoms with Crippen LogP contribution in [0, 0.1) is 0 Å². The highest BCUT2D eigenvalue weighted by Gasteiger charge is 1.94. The number of hydrogen-bond acceptors (Lipinski definition) is 0. The Morgan fingerprint density at radius 3 is 2.43 bits per heavy atom. The van der Waals surface area contributed by atoms with Crippen molar-refractivity contribution in [2.75, 3.05) is 12.1 Å². The topological polar surface area (TPSA) is 0 Å². The van der Waals surface area contributed by atoms with E-state index in [0.717, 1.165) is 0 Å². The normalized spacial score (nSPS) is 11.9. The Morgan fingerprint density at radius 2 is 2.29 bits per heavy atom. The van der Waals surface area contributed by atoms with Crippen LogP contribution >= 0.6 is 15.7 Å². The molecule has 40 valence electrons. The lowest BCUT2D eigenvalue weighted by atomic mass is 11.0. The molecule has 0 amide bonds. The van der Waals surface area contributed by atoms with Gasteiger partial charge in [-0.15, -0.1) is 0 Å². The van der Waals surface area contributed by atoms with Gasteiger partial charge in [-0.1, -0.05) is 14.5 Å². The van der Waals surface area contributed by atoms with Gasteiger partial charge in [-0.2, -0.15) is 0 Å². The van der Waals surface area contributed by atoms with E-state index in [1.54, 1.807) is 0 Å². The summed E-state index contributed by atoms with van der Waals surface area (Å²) in [6.07, 6.45) is 8.93. The lowest BCUT2D eigenvalue weighted by Crippen LogP contribution is -1.65. The summed E-state index contributed by atoms with van der Waals surface area (Å²) in [6.45, 7) is 2.18. The van der Waals surface area contributed by atoms with Gasteiger partial charge in [0.25, 0.3) is 0 Å². The van der Waals surface area contributed by atoms with E-state index in [1.165, 1.54) is 20.3 Å². The van der Waals surface area contributed by atoms with E-state index >= 15 is 0 Å². The molecule has 0 fully saturated rings. The summed E-state index contributed by atoms with van der Waals surface area (Å²) in [4.78, 5) is 0. The fourth-order valence-corrected chi connectivity index (χ4v) is 2.17. The van der Waals surface area contributed by atoms with Gasteiger partial charge in [0.05, 0.1) is 13.8 Å². The summed E-state index contributed by atoms with van der Waals surface area (Å²) in [7, 11) is 1.35. The van der Waals surface area contributed by atoms with Crippen LogP contribution in [0.2, 0.25) is 0 Å². The largest absolute Gasteiger partial charge is 0.145 e. The third kappa shape index (κ3) is 4.19. The van der Waals surface area contributed by atoms with Crippen molar-refractivity contribution in [2.45, 2.75) is 6.92 Å². The quantitative estimate of drug-likeness (QED) is 0.518. The van der Waals surface area contributed by atoms with Crippen molar-refractivity contribution in [3.8, 4) is 0 Å². The Hall–Kier alpha value is 0.340. The second kappa shape index (κ2) is 4.50. The maximum absolute atomic E-state index is 3.96. The van der Waals surface area contributed by atoms with Crippen molar-refractivity contribution in [1.29, 1.82) is 0 Å². The lowest BCUT2D eigenvalue weighted by molar-refractivity contribution is 1.51. The Balaban J connectivity index is 3.17. The first-order valence-corrected chi connectivity index (χ1v) is 5.45. The molecule has 0 saturated heterocycles. The van der Waals surface area contributed by atoms with Crippen LogP contribution in [0.25, 0.3) is 0 Å². The van der Waals surface area contributed by atoms with Crippen molar-refractivity contribution < 1.29 is 0 Å². The summed E-state index contributed by atoms with van der Waals surface area (Å²) >= 11 is 0. The molecule has 0 aliphatic rings. The van der Waals surface area contributed by atoms with E-state index in [4.69, 9.17) is 0 Å².